The maximum absolute atomic E-state index is 10.2. The number of nitrogens with zero attached hydrogens (tertiary/aromatic N) is 2. The van der Waals surface area contributed by atoms with Gasteiger partial charge in [0, 0.05) is 12.7 Å². The van der Waals surface area contributed by atoms with Crippen molar-refractivity contribution in [2.24, 2.45) is 0 Å². The van der Waals surface area contributed by atoms with E-state index in [1.54, 1.807) is 18.3 Å². The monoisotopic (exact) mass is 264 g/mol. The van der Waals surface area contributed by atoms with Crippen molar-refractivity contribution in [3.63, 3.8) is 0 Å². The lowest BCUT2D eigenvalue weighted by Crippen LogP contribution is -2.02. The van der Waals surface area contributed by atoms with Gasteiger partial charge in [0.25, 0.3) is 0 Å². The molecule has 96 valence electrons. The predicted octanol–water partition coefficient (Wildman–Crippen LogP) is 2.02. The molecule has 18 heavy (non-hydrogen) atoms. The zero-order chi connectivity index (χ0) is 13.0. The predicted molar refractivity (Wildman–Crippen MR) is 73.6 cm³/mol. The van der Waals surface area contributed by atoms with E-state index in [0.717, 1.165) is 18.1 Å². The summed E-state index contributed by atoms with van der Waals surface area (Å²) in [4.78, 5) is 8.94. The topological polar surface area (TPSA) is 84.1 Å². The fourth-order valence-corrected chi connectivity index (χ4v) is 2.43. The maximum Gasteiger partial charge on any atom is 0.185 e. The van der Waals surface area contributed by atoms with Gasteiger partial charge in [-0.05, 0) is 18.6 Å². The van der Waals surface area contributed by atoms with Crippen LogP contribution in [0.2, 0.25) is 0 Å². The minimum atomic E-state index is -0.819. The summed E-state index contributed by atoms with van der Waals surface area (Å²) in [5.74, 6) is 0.358. The first-order valence-electron chi connectivity index (χ1n) is 5.81. The summed E-state index contributed by atoms with van der Waals surface area (Å²) in [7, 11) is 0. The molecule has 4 N–H and O–H groups in total. The average molecular weight is 264 g/mol. The SMILES string of the molecule is CCCNc1nc(N)c(C(O)c2ccccn2)s1. The summed E-state index contributed by atoms with van der Waals surface area (Å²) in [6.45, 7) is 2.92. The number of aliphatic hydroxyl groups is 1. The molecule has 0 saturated heterocycles. The van der Waals surface area contributed by atoms with Crippen LogP contribution < -0.4 is 11.1 Å². The van der Waals surface area contributed by atoms with Crippen molar-refractivity contribution in [1.29, 1.82) is 0 Å². The third-order valence-corrected chi connectivity index (χ3v) is 3.50. The van der Waals surface area contributed by atoms with E-state index in [1.807, 2.05) is 6.07 Å². The summed E-state index contributed by atoms with van der Waals surface area (Å²) in [6.07, 6.45) is 1.84. The number of hydrogen-bond donors (Lipinski definition) is 3. The molecule has 6 heteroatoms. The largest absolute Gasteiger partial charge is 0.383 e. The first-order chi connectivity index (χ1) is 8.72. The number of nitrogens with two attached hydrogens (primary N) is 1. The summed E-state index contributed by atoms with van der Waals surface area (Å²) >= 11 is 1.37. The second-order valence-corrected chi connectivity index (χ2v) is 4.88. The highest BCUT2D eigenvalue weighted by Gasteiger charge is 2.19. The number of nitrogen functional groups attached to an aromatic ring is 1. The van der Waals surface area contributed by atoms with E-state index >= 15 is 0 Å². The molecule has 0 aliphatic carbocycles. The highest BCUT2D eigenvalue weighted by Crippen LogP contribution is 2.33. The number of anilines is 2. The van der Waals surface area contributed by atoms with Crippen molar-refractivity contribution in [3.05, 3.63) is 35.0 Å². The summed E-state index contributed by atoms with van der Waals surface area (Å²) < 4.78 is 0. The molecular weight excluding hydrogens is 248 g/mol. The van der Waals surface area contributed by atoms with Crippen LogP contribution in [0.1, 0.15) is 30.0 Å². The molecule has 0 aromatic carbocycles. The van der Waals surface area contributed by atoms with Gasteiger partial charge in [-0.1, -0.05) is 24.3 Å². The van der Waals surface area contributed by atoms with Crippen LogP contribution in [-0.4, -0.2) is 21.6 Å². The van der Waals surface area contributed by atoms with E-state index < -0.39 is 6.10 Å². The van der Waals surface area contributed by atoms with Crippen molar-refractivity contribution in [2.45, 2.75) is 19.4 Å². The fourth-order valence-electron chi connectivity index (χ4n) is 1.52. The Morgan fingerprint density at radius 2 is 2.33 bits per heavy atom. The molecule has 0 aliphatic heterocycles. The molecule has 2 rings (SSSR count). The van der Waals surface area contributed by atoms with Gasteiger partial charge in [0.2, 0.25) is 0 Å². The standard InChI is InChI=1S/C12H16N4OS/c1-2-6-15-12-16-11(13)10(18-12)9(17)8-5-3-4-7-14-8/h3-5,7,9,17H,2,6,13H2,1H3,(H,15,16). The van der Waals surface area contributed by atoms with Crippen molar-refractivity contribution < 1.29 is 5.11 Å². The van der Waals surface area contributed by atoms with Gasteiger partial charge in [-0.15, -0.1) is 0 Å². The maximum atomic E-state index is 10.2. The van der Waals surface area contributed by atoms with Crippen molar-refractivity contribution in [3.8, 4) is 0 Å². The Hall–Kier alpha value is -1.66. The first-order valence-corrected chi connectivity index (χ1v) is 6.63. The first kappa shape index (κ1) is 12.8. The van der Waals surface area contributed by atoms with E-state index in [9.17, 15) is 5.11 Å². The molecule has 0 amide bonds. The van der Waals surface area contributed by atoms with Crippen LogP contribution in [-0.2, 0) is 0 Å². The van der Waals surface area contributed by atoms with Crippen LogP contribution in [0.3, 0.4) is 0 Å². The molecule has 2 heterocycles. The molecule has 0 spiro atoms. The molecule has 0 aliphatic rings. The fraction of sp³-hybridized carbons (Fsp3) is 0.333. The molecule has 5 nitrogen and oxygen atoms in total. The van der Waals surface area contributed by atoms with Crippen LogP contribution in [0.25, 0.3) is 0 Å². The van der Waals surface area contributed by atoms with Gasteiger partial charge in [0.05, 0.1) is 10.6 Å². The van der Waals surface area contributed by atoms with E-state index in [4.69, 9.17) is 5.73 Å². The Bertz CT molecular complexity index is 500. The smallest absolute Gasteiger partial charge is 0.185 e. The van der Waals surface area contributed by atoms with Crippen LogP contribution in [0.4, 0.5) is 10.9 Å². The summed E-state index contributed by atoms with van der Waals surface area (Å²) in [6, 6.07) is 5.41. The van der Waals surface area contributed by atoms with Gasteiger partial charge in [-0.25, -0.2) is 4.98 Å². The minimum Gasteiger partial charge on any atom is -0.383 e. The molecule has 0 radical (unpaired) electrons. The Balaban J connectivity index is 2.20. The second-order valence-electron chi connectivity index (χ2n) is 3.85. The van der Waals surface area contributed by atoms with Gasteiger partial charge in [-0.2, -0.15) is 0 Å². The molecule has 1 unspecified atom stereocenters. The van der Waals surface area contributed by atoms with Gasteiger partial charge in [-0.3, -0.25) is 4.98 Å². The Labute approximate surface area is 110 Å². The number of thiazole rings is 1. The normalized spacial score (nSPS) is 12.3. The van der Waals surface area contributed by atoms with E-state index in [1.165, 1.54) is 11.3 Å². The van der Waals surface area contributed by atoms with Gasteiger partial charge >= 0.3 is 0 Å². The number of nitrogens with one attached hydrogen (secondary N) is 1. The minimum absolute atomic E-state index is 0.358. The van der Waals surface area contributed by atoms with Crippen molar-refractivity contribution in [2.75, 3.05) is 17.6 Å². The molecule has 2 aromatic heterocycles. The lowest BCUT2D eigenvalue weighted by Gasteiger charge is -2.07. The molecule has 0 fully saturated rings. The average Bonchev–Trinajstić information content (AvgIpc) is 2.78. The third kappa shape index (κ3) is 2.77. The van der Waals surface area contributed by atoms with Gasteiger partial charge in [0.1, 0.15) is 11.9 Å². The van der Waals surface area contributed by atoms with Crippen LogP contribution in [0.5, 0.6) is 0 Å². The number of pyridine rings is 1. The number of rotatable bonds is 5. The molecular formula is C12H16N4OS. The number of hydrogen-bond acceptors (Lipinski definition) is 6. The Morgan fingerprint density at radius 1 is 1.50 bits per heavy atom. The highest BCUT2D eigenvalue weighted by atomic mass is 32.1. The molecule has 2 aromatic rings. The lowest BCUT2D eigenvalue weighted by molar-refractivity contribution is 0.219. The quantitative estimate of drug-likeness (QED) is 0.769. The van der Waals surface area contributed by atoms with Crippen LogP contribution >= 0.6 is 11.3 Å². The Morgan fingerprint density at radius 3 is 3.00 bits per heavy atom. The Kier molecular flexibility index (Phi) is 4.11. The van der Waals surface area contributed by atoms with Gasteiger partial charge in [0.15, 0.2) is 5.13 Å². The molecule has 0 saturated carbocycles. The van der Waals surface area contributed by atoms with Crippen LogP contribution in [0.15, 0.2) is 24.4 Å². The summed E-state index contributed by atoms with van der Waals surface area (Å²) in [5, 5.41) is 14.1. The molecule has 1 atom stereocenters. The van der Waals surface area contributed by atoms with E-state index in [-0.39, 0.29) is 0 Å². The second kappa shape index (κ2) is 5.79. The van der Waals surface area contributed by atoms with Gasteiger partial charge < -0.3 is 16.2 Å². The number of aliphatic hydroxyl groups excluding tert-OH is 1. The van der Waals surface area contributed by atoms with Crippen molar-refractivity contribution in [1.82, 2.24) is 9.97 Å². The van der Waals surface area contributed by atoms with E-state index in [2.05, 4.69) is 22.2 Å². The van der Waals surface area contributed by atoms with Crippen LogP contribution in [0, 0.1) is 0 Å². The zero-order valence-electron chi connectivity index (χ0n) is 10.1. The highest BCUT2D eigenvalue weighted by molar-refractivity contribution is 7.16. The van der Waals surface area contributed by atoms with Crippen molar-refractivity contribution >= 4 is 22.3 Å². The van der Waals surface area contributed by atoms with E-state index in [0.29, 0.717) is 16.4 Å². The summed E-state index contributed by atoms with van der Waals surface area (Å²) in [5.41, 5.74) is 6.40. The molecule has 0 bridgehead atoms. The zero-order valence-corrected chi connectivity index (χ0v) is 10.9. The lowest BCUT2D eigenvalue weighted by atomic mass is 10.2. The number of aromatic nitrogens is 2. The third-order valence-electron chi connectivity index (χ3n) is 2.42.